The molecular weight excluding hydrogens is 581 g/mol. The minimum atomic E-state index is 0.878. The van der Waals surface area contributed by atoms with Gasteiger partial charge in [0, 0.05) is 16.3 Å². The molecule has 0 aliphatic heterocycles. The zero-order chi connectivity index (χ0) is 32.2. The Morgan fingerprint density at radius 2 is 0.958 bits per heavy atom. The Labute approximate surface area is 279 Å². The summed E-state index contributed by atoms with van der Waals surface area (Å²) < 4.78 is 6.65. The highest BCUT2D eigenvalue weighted by molar-refractivity contribution is 6.25. The molecule has 1 heteroatoms. The topological polar surface area (TPSA) is 13.1 Å². The molecule has 0 amide bonds. The quantitative estimate of drug-likeness (QED) is 0.176. The molecule has 1 heterocycles. The van der Waals surface area contributed by atoms with Gasteiger partial charge in [-0.25, -0.2) is 0 Å². The third-order valence-corrected chi connectivity index (χ3v) is 9.75. The molecule has 48 heavy (non-hydrogen) atoms. The Hall–Kier alpha value is -6.18. The van der Waals surface area contributed by atoms with Crippen LogP contribution < -0.4 is 0 Å². The third-order valence-electron chi connectivity index (χ3n) is 9.75. The molecule has 8 aromatic carbocycles. The fourth-order valence-electron chi connectivity index (χ4n) is 7.67. The fourth-order valence-corrected chi connectivity index (χ4v) is 7.67. The highest BCUT2D eigenvalue weighted by atomic mass is 16.3. The number of allylic oxidation sites excluding steroid dienone is 1. The maximum absolute atomic E-state index is 6.65. The average Bonchev–Trinajstić information content (AvgIpc) is 3.53. The Morgan fingerprint density at radius 3 is 1.56 bits per heavy atom. The molecule has 0 atom stereocenters. The normalized spacial score (nSPS) is 11.9. The van der Waals surface area contributed by atoms with Crippen LogP contribution in [0.25, 0.3) is 99.8 Å². The second kappa shape index (κ2) is 11.3. The van der Waals surface area contributed by atoms with Crippen LogP contribution in [-0.4, -0.2) is 0 Å². The molecule has 0 saturated carbocycles. The molecule has 0 radical (unpaired) electrons. The van der Waals surface area contributed by atoms with Crippen molar-refractivity contribution >= 4 is 66.4 Å². The van der Waals surface area contributed by atoms with Crippen molar-refractivity contribution in [3.8, 4) is 33.4 Å². The van der Waals surface area contributed by atoms with Gasteiger partial charge in [-0.05, 0) is 90.3 Å². The predicted molar refractivity (Wildman–Crippen MR) is 207 cm³/mol. The summed E-state index contributed by atoms with van der Waals surface area (Å²) in [7, 11) is 0. The molecule has 1 aromatic heterocycles. The number of rotatable bonds is 5. The van der Waals surface area contributed by atoms with E-state index in [1.807, 2.05) is 6.08 Å². The maximum Gasteiger partial charge on any atom is 0.143 e. The Balaban J connectivity index is 1.32. The predicted octanol–water partition coefficient (Wildman–Crippen LogP) is 13.7. The molecule has 226 valence electrons. The Kier molecular flexibility index (Phi) is 6.59. The van der Waals surface area contributed by atoms with E-state index in [0.29, 0.717) is 0 Å². The SMILES string of the molecule is C=Cc1c(/C=C\C)c2ccccc2c2c1oc1ccc(-c3c4ccccc4c(-c4ccc(-c5ccccc5)cc4)c4ccccc34)cc12. The van der Waals surface area contributed by atoms with Crippen LogP contribution in [-0.2, 0) is 0 Å². The van der Waals surface area contributed by atoms with Crippen molar-refractivity contribution in [3.05, 3.63) is 169 Å². The van der Waals surface area contributed by atoms with Crippen molar-refractivity contribution in [1.82, 2.24) is 0 Å². The number of hydrogen-bond donors (Lipinski definition) is 0. The van der Waals surface area contributed by atoms with Gasteiger partial charge in [-0.15, -0.1) is 0 Å². The monoisotopic (exact) mass is 612 g/mol. The van der Waals surface area contributed by atoms with E-state index in [9.17, 15) is 0 Å². The number of hydrogen-bond acceptors (Lipinski definition) is 1. The molecule has 0 saturated heterocycles. The summed E-state index contributed by atoms with van der Waals surface area (Å²) in [6.07, 6.45) is 6.17. The molecule has 1 nitrogen and oxygen atoms in total. The van der Waals surface area contributed by atoms with E-state index >= 15 is 0 Å². The zero-order valence-corrected chi connectivity index (χ0v) is 26.7. The van der Waals surface area contributed by atoms with Crippen LogP contribution in [0, 0.1) is 0 Å². The van der Waals surface area contributed by atoms with Gasteiger partial charge in [0.05, 0.1) is 0 Å². The van der Waals surface area contributed by atoms with Crippen LogP contribution in [0.4, 0.5) is 0 Å². The Bertz CT molecular complexity index is 2670. The molecule has 9 rings (SSSR count). The first-order valence-electron chi connectivity index (χ1n) is 16.5. The zero-order valence-electron chi connectivity index (χ0n) is 26.7. The number of fused-ring (bicyclic) bond motifs is 7. The molecule has 0 N–H and O–H groups in total. The first-order chi connectivity index (χ1) is 23.7. The van der Waals surface area contributed by atoms with Crippen molar-refractivity contribution in [2.24, 2.45) is 0 Å². The Morgan fingerprint density at radius 1 is 0.458 bits per heavy atom. The third kappa shape index (κ3) is 4.25. The molecule has 0 bridgehead atoms. The fraction of sp³-hybridized carbons (Fsp3) is 0.0213. The van der Waals surface area contributed by atoms with Gasteiger partial charge >= 0.3 is 0 Å². The minimum Gasteiger partial charge on any atom is -0.455 e. The molecule has 9 aromatic rings. The lowest BCUT2D eigenvalue weighted by molar-refractivity contribution is 0.668. The second-order valence-electron chi connectivity index (χ2n) is 12.4. The molecule has 0 spiro atoms. The average molecular weight is 613 g/mol. The summed E-state index contributed by atoms with van der Waals surface area (Å²) in [6, 6.07) is 52.6. The maximum atomic E-state index is 6.65. The highest BCUT2D eigenvalue weighted by Crippen LogP contribution is 2.46. The summed E-state index contributed by atoms with van der Waals surface area (Å²) in [5.41, 5.74) is 11.3. The van der Waals surface area contributed by atoms with E-state index in [1.165, 1.54) is 65.7 Å². The van der Waals surface area contributed by atoms with Crippen molar-refractivity contribution in [2.75, 3.05) is 0 Å². The van der Waals surface area contributed by atoms with Crippen LogP contribution in [0.2, 0.25) is 0 Å². The summed E-state index contributed by atoms with van der Waals surface area (Å²) in [5.74, 6) is 0. The standard InChI is InChI=1S/C47H32O/c1-3-14-35-34(4-2)47-46(37-18-9-8-17-36(35)37)42-29-33(27-28-43(42)48-47)45-40-21-12-10-19-38(40)44(39-20-11-13-22-41(39)45)32-25-23-31(24-26-32)30-15-6-5-7-16-30/h3-29H,2H2,1H3/b14-3-. The van der Waals surface area contributed by atoms with Crippen LogP contribution in [0.1, 0.15) is 18.1 Å². The van der Waals surface area contributed by atoms with Crippen molar-refractivity contribution < 1.29 is 4.42 Å². The molecule has 0 fully saturated rings. The first-order valence-corrected chi connectivity index (χ1v) is 16.5. The summed E-state index contributed by atoms with van der Waals surface area (Å²) >= 11 is 0. The van der Waals surface area contributed by atoms with Crippen LogP contribution in [0.15, 0.2) is 163 Å². The summed E-state index contributed by atoms with van der Waals surface area (Å²) in [4.78, 5) is 0. The van der Waals surface area contributed by atoms with Gasteiger partial charge in [0.15, 0.2) is 0 Å². The van der Waals surface area contributed by atoms with Crippen LogP contribution in [0.5, 0.6) is 0 Å². The van der Waals surface area contributed by atoms with Crippen LogP contribution in [0.3, 0.4) is 0 Å². The lowest BCUT2D eigenvalue weighted by Crippen LogP contribution is -1.91. The molecule has 0 unspecified atom stereocenters. The van der Waals surface area contributed by atoms with Gasteiger partial charge in [0.1, 0.15) is 11.2 Å². The first kappa shape index (κ1) is 28.1. The van der Waals surface area contributed by atoms with E-state index in [4.69, 9.17) is 4.42 Å². The minimum absolute atomic E-state index is 0.878. The lowest BCUT2D eigenvalue weighted by Gasteiger charge is -2.18. The lowest BCUT2D eigenvalue weighted by atomic mass is 9.85. The molecule has 0 aliphatic carbocycles. The van der Waals surface area contributed by atoms with Gasteiger partial charge in [0.25, 0.3) is 0 Å². The number of furan rings is 1. The van der Waals surface area contributed by atoms with E-state index in [0.717, 1.165) is 33.1 Å². The largest absolute Gasteiger partial charge is 0.455 e. The highest BCUT2D eigenvalue weighted by Gasteiger charge is 2.20. The van der Waals surface area contributed by atoms with Crippen molar-refractivity contribution in [1.29, 1.82) is 0 Å². The summed E-state index contributed by atoms with van der Waals surface area (Å²) in [5, 5.41) is 9.58. The van der Waals surface area contributed by atoms with E-state index in [1.54, 1.807) is 0 Å². The second-order valence-corrected chi connectivity index (χ2v) is 12.4. The van der Waals surface area contributed by atoms with Gasteiger partial charge in [-0.2, -0.15) is 0 Å². The van der Waals surface area contributed by atoms with E-state index < -0.39 is 0 Å². The molecule has 0 aliphatic rings. The van der Waals surface area contributed by atoms with E-state index in [2.05, 4.69) is 171 Å². The van der Waals surface area contributed by atoms with Crippen molar-refractivity contribution in [2.45, 2.75) is 6.92 Å². The summed E-state index contributed by atoms with van der Waals surface area (Å²) in [6.45, 7) is 6.25. The molecular formula is C47H32O. The van der Waals surface area contributed by atoms with Gasteiger partial charge in [-0.3, -0.25) is 0 Å². The smallest absolute Gasteiger partial charge is 0.143 e. The van der Waals surface area contributed by atoms with E-state index in [-0.39, 0.29) is 0 Å². The van der Waals surface area contributed by atoms with Crippen LogP contribution >= 0.6 is 0 Å². The van der Waals surface area contributed by atoms with Gasteiger partial charge in [-0.1, -0.05) is 158 Å². The van der Waals surface area contributed by atoms with Gasteiger partial charge < -0.3 is 4.42 Å². The van der Waals surface area contributed by atoms with Gasteiger partial charge in [0.2, 0.25) is 0 Å². The number of benzene rings is 8. The van der Waals surface area contributed by atoms with Crippen molar-refractivity contribution in [3.63, 3.8) is 0 Å².